The van der Waals surface area contributed by atoms with Gasteiger partial charge in [-0.2, -0.15) is 0 Å². The van der Waals surface area contributed by atoms with Crippen molar-refractivity contribution in [2.24, 2.45) is 0 Å². The van der Waals surface area contributed by atoms with Crippen molar-refractivity contribution in [1.29, 1.82) is 0 Å². The monoisotopic (exact) mass is 175 g/mol. The van der Waals surface area contributed by atoms with E-state index in [1.54, 1.807) is 0 Å². The summed E-state index contributed by atoms with van der Waals surface area (Å²) >= 11 is 0. The van der Waals surface area contributed by atoms with Crippen molar-refractivity contribution in [3.05, 3.63) is 24.0 Å². The number of unbranched alkanes of at least 4 members (excludes halogenated alkanes) is 3. The molecule has 1 heterocycles. The molecule has 0 unspecified atom stereocenters. The minimum atomic E-state index is 1.14. The highest BCUT2D eigenvalue weighted by atomic mass is 14.7. The van der Waals surface area contributed by atoms with E-state index >= 15 is 0 Å². The molecule has 70 valence electrons. The smallest absolute Gasteiger partial charge is 0.141 e. The zero-order valence-electron chi connectivity index (χ0n) is 8.71. The predicted molar refractivity (Wildman–Crippen MR) is 60.3 cm³/mol. The van der Waals surface area contributed by atoms with Crippen LogP contribution in [-0.4, -0.2) is 12.8 Å². The molecule has 0 fully saturated rings. The lowest BCUT2D eigenvalue weighted by molar-refractivity contribution is 0.661. The van der Waals surface area contributed by atoms with Crippen LogP contribution in [0.2, 0.25) is 0 Å². The van der Waals surface area contributed by atoms with E-state index in [1.807, 2.05) is 6.20 Å². The molecule has 0 atom stereocenters. The number of hydrogen-bond acceptors (Lipinski definition) is 1. The van der Waals surface area contributed by atoms with Gasteiger partial charge in [-0.25, -0.2) is 0 Å². The first-order valence-corrected chi connectivity index (χ1v) is 5.24. The highest BCUT2D eigenvalue weighted by Crippen LogP contribution is 2.04. The van der Waals surface area contributed by atoms with Crippen molar-refractivity contribution in [3.8, 4) is 0 Å². The summed E-state index contributed by atoms with van der Waals surface area (Å²) in [6, 6.07) is 4.28. The molecular weight excluding hydrogens is 157 g/mol. The maximum atomic E-state index is 4.38. The van der Waals surface area contributed by atoms with Gasteiger partial charge < -0.3 is 0 Å². The van der Waals surface area contributed by atoms with Gasteiger partial charge in [0.25, 0.3) is 0 Å². The van der Waals surface area contributed by atoms with Crippen LogP contribution in [0.4, 0.5) is 0 Å². The Hall–Kier alpha value is -0.785. The van der Waals surface area contributed by atoms with Crippen LogP contribution in [0.15, 0.2) is 18.3 Å². The van der Waals surface area contributed by atoms with Crippen LogP contribution in [0.5, 0.6) is 0 Å². The van der Waals surface area contributed by atoms with E-state index in [0.717, 1.165) is 6.42 Å². The molecular formula is C11H18BN. The third kappa shape index (κ3) is 4.11. The first-order valence-electron chi connectivity index (χ1n) is 5.24. The Bertz CT molecular complexity index is 230. The Labute approximate surface area is 82.0 Å². The first-order chi connectivity index (χ1) is 6.33. The topological polar surface area (TPSA) is 12.9 Å². The highest BCUT2D eigenvalue weighted by Gasteiger charge is 1.93. The molecule has 2 heteroatoms. The lowest BCUT2D eigenvalue weighted by Gasteiger charge is -2.00. The molecule has 1 rings (SSSR count). The van der Waals surface area contributed by atoms with Crippen molar-refractivity contribution >= 4 is 13.3 Å². The van der Waals surface area contributed by atoms with Crippen LogP contribution < -0.4 is 5.46 Å². The molecule has 1 nitrogen and oxygen atoms in total. The van der Waals surface area contributed by atoms with Crippen molar-refractivity contribution < 1.29 is 0 Å². The molecule has 0 saturated carbocycles. The van der Waals surface area contributed by atoms with Gasteiger partial charge in [0.1, 0.15) is 7.85 Å². The Kier molecular flexibility index (Phi) is 4.59. The Morgan fingerprint density at radius 2 is 2.08 bits per heavy atom. The van der Waals surface area contributed by atoms with Gasteiger partial charge in [0.15, 0.2) is 0 Å². The summed E-state index contributed by atoms with van der Waals surface area (Å²) in [5, 5.41) is 0. The van der Waals surface area contributed by atoms with E-state index in [2.05, 4.69) is 31.9 Å². The fourth-order valence-corrected chi connectivity index (χ4v) is 1.38. The molecule has 0 spiro atoms. The predicted octanol–water partition coefficient (Wildman–Crippen LogP) is 1.46. The summed E-state index contributed by atoms with van der Waals surface area (Å²) in [7, 11) is 2.08. The van der Waals surface area contributed by atoms with Gasteiger partial charge in [0.05, 0.1) is 0 Å². The van der Waals surface area contributed by atoms with Crippen LogP contribution in [0.25, 0.3) is 0 Å². The fourth-order valence-electron chi connectivity index (χ4n) is 1.38. The van der Waals surface area contributed by atoms with Gasteiger partial charge in [-0.05, 0) is 18.9 Å². The van der Waals surface area contributed by atoms with Crippen LogP contribution >= 0.6 is 0 Å². The molecule has 0 radical (unpaired) electrons. The van der Waals surface area contributed by atoms with E-state index in [9.17, 15) is 0 Å². The lowest BCUT2D eigenvalue weighted by Crippen LogP contribution is -2.03. The quantitative estimate of drug-likeness (QED) is 0.487. The summed E-state index contributed by atoms with van der Waals surface area (Å²) < 4.78 is 0. The molecule has 0 amide bonds. The second-order valence-electron chi connectivity index (χ2n) is 3.64. The second-order valence-corrected chi connectivity index (χ2v) is 3.64. The number of pyridine rings is 1. The molecule has 0 aliphatic carbocycles. The molecule has 0 saturated heterocycles. The number of aromatic nitrogens is 1. The van der Waals surface area contributed by atoms with Gasteiger partial charge in [0, 0.05) is 11.9 Å². The Morgan fingerprint density at radius 3 is 2.69 bits per heavy atom. The molecule has 13 heavy (non-hydrogen) atoms. The minimum Gasteiger partial charge on any atom is -0.262 e. The largest absolute Gasteiger partial charge is 0.262 e. The van der Waals surface area contributed by atoms with Gasteiger partial charge in [0.2, 0.25) is 0 Å². The normalized spacial score (nSPS) is 10.2. The van der Waals surface area contributed by atoms with E-state index < -0.39 is 0 Å². The molecule has 0 bridgehead atoms. The van der Waals surface area contributed by atoms with Crippen LogP contribution in [0.1, 0.15) is 38.3 Å². The molecule has 0 N–H and O–H groups in total. The lowest BCUT2D eigenvalue weighted by atomic mass is 9.98. The van der Waals surface area contributed by atoms with Gasteiger partial charge in [-0.3, -0.25) is 4.98 Å². The summed E-state index contributed by atoms with van der Waals surface area (Å²) in [5.41, 5.74) is 2.49. The van der Waals surface area contributed by atoms with E-state index in [1.165, 1.54) is 36.8 Å². The van der Waals surface area contributed by atoms with Crippen molar-refractivity contribution in [2.75, 3.05) is 0 Å². The van der Waals surface area contributed by atoms with Crippen molar-refractivity contribution in [1.82, 2.24) is 4.98 Å². The maximum absolute atomic E-state index is 4.38. The number of aryl methyl sites for hydroxylation is 1. The van der Waals surface area contributed by atoms with Gasteiger partial charge in [-0.1, -0.05) is 37.7 Å². The van der Waals surface area contributed by atoms with Crippen molar-refractivity contribution in [2.45, 2.75) is 39.0 Å². The molecule has 1 aromatic heterocycles. The van der Waals surface area contributed by atoms with Crippen LogP contribution in [0.3, 0.4) is 0 Å². The van der Waals surface area contributed by atoms with Gasteiger partial charge >= 0.3 is 0 Å². The summed E-state index contributed by atoms with van der Waals surface area (Å²) in [5.74, 6) is 0. The minimum absolute atomic E-state index is 1.14. The summed E-state index contributed by atoms with van der Waals surface area (Å²) in [4.78, 5) is 4.38. The number of rotatable bonds is 5. The maximum Gasteiger partial charge on any atom is 0.141 e. The highest BCUT2D eigenvalue weighted by molar-refractivity contribution is 6.31. The Morgan fingerprint density at radius 1 is 1.23 bits per heavy atom. The summed E-state index contributed by atoms with van der Waals surface area (Å²) in [6.07, 6.45) is 8.37. The average molecular weight is 175 g/mol. The fraction of sp³-hybridized carbons (Fsp3) is 0.545. The van der Waals surface area contributed by atoms with Crippen molar-refractivity contribution in [3.63, 3.8) is 0 Å². The third-order valence-electron chi connectivity index (χ3n) is 2.26. The third-order valence-corrected chi connectivity index (χ3v) is 2.26. The van der Waals surface area contributed by atoms with Crippen LogP contribution in [-0.2, 0) is 6.42 Å². The zero-order chi connectivity index (χ0) is 9.52. The SMILES string of the molecule is Bc1ccc(CCCCCC)nc1. The van der Waals surface area contributed by atoms with Crippen LogP contribution in [0, 0.1) is 0 Å². The first kappa shape index (κ1) is 10.3. The van der Waals surface area contributed by atoms with E-state index in [0.29, 0.717) is 0 Å². The number of nitrogens with zero attached hydrogens (tertiary/aromatic N) is 1. The molecule has 0 aromatic carbocycles. The van der Waals surface area contributed by atoms with Gasteiger partial charge in [-0.15, -0.1) is 0 Å². The van der Waals surface area contributed by atoms with E-state index in [-0.39, 0.29) is 0 Å². The summed E-state index contributed by atoms with van der Waals surface area (Å²) in [6.45, 7) is 2.24. The average Bonchev–Trinajstić information content (AvgIpc) is 2.15. The second kappa shape index (κ2) is 5.79. The standard InChI is InChI=1S/C11H18BN/c1-2-3-4-5-6-11-8-7-10(12)9-13-11/h7-9H,2-6,12H2,1H3. The number of hydrogen-bond donors (Lipinski definition) is 0. The Balaban J connectivity index is 2.25. The molecule has 0 aliphatic heterocycles. The zero-order valence-corrected chi connectivity index (χ0v) is 8.71. The molecule has 1 aromatic rings. The molecule has 0 aliphatic rings. The van der Waals surface area contributed by atoms with E-state index in [4.69, 9.17) is 0 Å².